The monoisotopic (exact) mass is 317 g/mol. The molecule has 1 aromatic carbocycles. The van der Waals surface area contributed by atoms with E-state index < -0.39 is 0 Å². The molecular formula is C19H27NO3. The molecule has 1 heterocycles. The van der Waals surface area contributed by atoms with Gasteiger partial charge < -0.3 is 14.7 Å². The summed E-state index contributed by atoms with van der Waals surface area (Å²) in [6.45, 7) is 7.40. The highest BCUT2D eigenvalue weighted by Gasteiger charge is 2.29. The maximum absolute atomic E-state index is 12.8. The second-order valence-corrected chi connectivity index (χ2v) is 6.55. The third kappa shape index (κ3) is 4.83. The van der Waals surface area contributed by atoms with Gasteiger partial charge in [0.15, 0.2) is 0 Å². The van der Waals surface area contributed by atoms with Crippen molar-refractivity contribution in [3.63, 3.8) is 0 Å². The molecule has 0 spiro atoms. The number of hydrogen-bond acceptors (Lipinski definition) is 3. The molecule has 1 fully saturated rings. The highest BCUT2D eigenvalue weighted by atomic mass is 16.5. The van der Waals surface area contributed by atoms with Crippen LogP contribution in [0.2, 0.25) is 0 Å². The third-order valence-corrected chi connectivity index (χ3v) is 4.32. The van der Waals surface area contributed by atoms with Crippen molar-refractivity contribution in [3.8, 4) is 5.75 Å². The molecule has 1 aliphatic heterocycles. The fourth-order valence-electron chi connectivity index (χ4n) is 2.80. The summed E-state index contributed by atoms with van der Waals surface area (Å²) in [6, 6.07) is 7.55. The van der Waals surface area contributed by atoms with Crippen LogP contribution in [0.5, 0.6) is 5.75 Å². The Morgan fingerprint density at radius 1 is 1.39 bits per heavy atom. The summed E-state index contributed by atoms with van der Waals surface area (Å²) in [4.78, 5) is 14.7. The van der Waals surface area contributed by atoms with Gasteiger partial charge in [0.1, 0.15) is 12.4 Å². The largest absolute Gasteiger partial charge is 0.490 e. The SMILES string of the molecule is CC(C)=CCOc1cccc(C(=O)N2CC(CO)CCC2C)c1. The van der Waals surface area contributed by atoms with Crippen LogP contribution < -0.4 is 4.74 Å². The highest BCUT2D eigenvalue weighted by molar-refractivity contribution is 5.94. The van der Waals surface area contributed by atoms with Crippen molar-refractivity contribution < 1.29 is 14.6 Å². The summed E-state index contributed by atoms with van der Waals surface area (Å²) in [5.41, 5.74) is 1.85. The lowest BCUT2D eigenvalue weighted by atomic mass is 9.93. The molecule has 1 amide bonds. The number of amides is 1. The Morgan fingerprint density at radius 2 is 2.17 bits per heavy atom. The van der Waals surface area contributed by atoms with Crippen molar-refractivity contribution in [2.24, 2.45) is 5.92 Å². The lowest BCUT2D eigenvalue weighted by molar-refractivity contribution is 0.0488. The molecule has 1 N–H and O–H groups in total. The second kappa shape index (κ2) is 8.16. The van der Waals surface area contributed by atoms with Gasteiger partial charge >= 0.3 is 0 Å². The van der Waals surface area contributed by atoms with E-state index in [9.17, 15) is 9.90 Å². The average molecular weight is 317 g/mol. The van der Waals surface area contributed by atoms with E-state index in [-0.39, 0.29) is 24.5 Å². The van der Waals surface area contributed by atoms with Gasteiger partial charge in [-0.2, -0.15) is 0 Å². The van der Waals surface area contributed by atoms with Crippen LogP contribution in [-0.2, 0) is 0 Å². The second-order valence-electron chi connectivity index (χ2n) is 6.55. The van der Waals surface area contributed by atoms with Gasteiger partial charge in [-0.25, -0.2) is 0 Å². The van der Waals surface area contributed by atoms with E-state index in [0.717, 1.165) is 12.8 Å². The van der Waals surface area contributed by atoms with Crippen molar-refractivity contribution in [1.82, 2.24) is 4.90 Å². The molecule has 0 bridgehead atoms. The minimum Gasteiger partial charge on any atom is -0.490 e. The number of likely N-dealkylation sites (tertiary alicyclic amines) is 1. The highest BCUT2D eigenvalue weighted by Crippen LogP contribution is 2.24. The maximum Gasteiger partial charge on any atom is 0.254 e. The minimum absolute atomic E-state index is 0.0170. The van der Waals surface area contributed by atoms with Gasteiger partial charge in [-0.15, -0.1) is 0 Å². The van der Waals surface area contributed by atoms with Crippen molar-refractivity contribution >= 4 is 5.91 Å². The number of nitrogens with zero attached hydrogens (tertiary/aromatic N) is 1. The molecule has 23 heavy (non-hydrogen) atoms. The molecule has 0 aromatic heterocycles. The topological polar surface area (TPSA) is 49.8 Å². The zero-order chi connectivity index (χ0) is 16.8. The molecule has 4 heteroatoms. The van der Waals surface area contributed by atoms with E-state index in [0.29, 0.717) is 24.5 Å². The number of carbonyl (C=O) groups excluding carboxylic acids is 1. The molecule has 1 aliphatic rings. The summed E-state index contributed by atoms with van der Waals surface area (Å²) in [5, 5.41) is 9.37. The van der Waals surface area contributed by atoms with Crippen LogP contribution in [0.4, 0.5) is 0 Å². The summed E-state index contributed by atoms with van der Waals surface area (Å²) in [5.74, 6) is 0.910. The Morgan fingerprint density at radius 3 is 2.87 bits per heavy atom. The lowest BCUT2D eigenvalue weighted by Crippen LogP contribution is -2.46. The number of rotatable bonds is 5. The molecule has 0 saturated carbocycles. The Labute approximate surface area is 138 Å². The zero-order valence-electron chi connectivity index (χ0n) is 14.3. The molecule has 2 rings (SSSR count). The van der Waals surface area contributed by atoms with E-state index >= 15 is 0 Å². The van der Waals surface area contributed by atoms with Gasteiger partial charge in [0.25, 0.3) is 5.91 Å². The number of ether oxygens (including phenoxy) is 1. The number of hydrogen-bond donors (Lipinski definition) is 1. The number of piperidine rings is 1. The van der Waals surface area contributed by atoms with E-state index in [1.54, 1.807) is 6.07 Å². The van der Waals surface area contributed by atoms with E-state index in [1.807, 2.05) is 43.0 Å². The van der Waals surface area contributed by atoms with Crippen molar-refractivity contribution in [3.05, 3.63) is 41.5 Å². The molecule has 2 unspecified atom stereocenters. The molecular weight excluding hydrogens is 290 g/mol. The van der Waals surface area contributed by atoms with Crippen LogP contribution in [0, 0.1) is 5.92 Å². The van der Waals surface area contributed by atoms with E-state index in [2.05, 4.69) is 6.92 Å². The summed E-state index contributed by atoms with van der Waals surface area (Å²) >= 11 is 0. The Balaban J connectivity index is 2.08. The minimum atomic E-state index is 0.0170. The molecule has 0 aliphatic carbocycles. The molecule has 0 radical (unpaired) electrons. The first-order valence-corrected chi connectivity index (χ1v) is 8.29. The predicted molar refractivity (Wildman–Crippen MR) is 91.7 cm³/mol. The Kier molecular flexibility index (Phi) is 6.22. The van der Waals surface area contributed by atoms with Gasteiger partial charge in [0.2, 0.25) is 0 Å². The van der Waals surface area contributed by atoms with Crippen LogP contribution in [0.1, 0.15) is 44.0 Å². The zero-order valence-corrected chi connectivity index (χ0v) is 14.3. The van der Waals surface area contributed by atoms with E-state index in [4.69, 9.17) is 4.74 Å². The quantitative estimate of drug-likeness (QED) is 0.848. The summed E-state index contributed by atoms with van der Waals surface area (Å²) in [6.07, 6.45) is 3.92. The average Bonchev–Trinajstić information content (AvgIpc) is 2.54. The van der Waals surface area contributed by atoms with Crippen molar-refractivity contribution in [2.75, 3.05) is 19.8 Å². The summed E-state index contributed by atoms with van der Waals surface area (Å²) < 4.78 is 5.68. The van der Waals surface area contributed by atoms with Gasteiger partial charge in [-0.1, -0.05) is 11.6 Å². The van der Waals surface area contributed by atoms with Crippen LogP contribution in [0.25, 0.3) is 0 Å². The molecule has 4 nitrogen and oxygen atoms in total. The first kappa shape index (κ1) is 17.5. The summed E-state index contributed by atoms with van der Waals surface area (Å²) in [7, 11) is 0. The van der Waals surface area contributed by atoms with Crippen molar-refractivity contribution in [2.45, 2.75) is 39.7 Å². The first-order valence-electron chi connectivity index (χ1n) is 8.29. The smallest absolute Gasteiger partial charge is 0.254 e. The molecule has 126 valence electrons. The Bertz CT molecular complexity index is 563. The van der Waals surface area contributed by atoms with E-state index in [1.165, 1.54) is 5.57 Å². The molecule has 2 atom stereocenters. The maximum atomic E-state index is 12.8. The Hall–Kier alpha value is -1.81. The van der Waals surface area contributed by atoms with Gasteiger partial charge in [0.05, 0.1) is 0 Å². The standard InChI is InChI=1S/C19H27NO3/c1-14(2)9-10-23-18-6-4-5-17(11-18)19(22)20-12-16(13-21)8-7-15(20)3/h4-6,9,11,15-16,21H,7-8,10,12-13H2,1-3H3. The number of allylic oxidation sites excluding steroid dienone is 1. The molecule has 1 saturated heterocycles. The number of aliphatic hydroxyl groups excluding tert-OH is 1. The van der Waals surface area contributed by atoms with Gasteiger partial charge in [0, 0.05) is 24.8 Å². The lowest BCUT2D eigenvalue weighted by Gasteiger charge is -2.37. The first-order chi connectivity index (χ1) is 11.0. The third-order valence-electron chi connectivity index (χ3n) is 4.32. The van der Waals surface area contributed by atoms with Crippen LogP contribution in [0.15, 0.2) is 35.9 Å². The predicted octanol–water partition coefficient (Wildman–Crippen LogP) is 3.26. The number of aliphatic hydroxyl groups is 1. The fraction of sp³-hybridized carbons (Fsp3) is 0.526. The van der Waals surface area contributed by atoms with Crippen LogP contribution in [0.3, 0.4) is 0 Å². The van der Waals surface area contributed by atoms with Gasteiger partial charge in [-0.05, 0) is 63.8 Å². The van der Waals surface area contributed by atoms with Crippen LogP contribution >= 0.6 is 0 Å². The number of benzene rings is 1. The fourth-order valence-corrected chi connectivity index (χ4v) is 2.80. The number of carbonyl (C=O) groups is 1. The normalized spacial score (nSPS) is 21.0. The van der Waals surface area contributed by atoms with Crippen LogP contribution in [-0.4, -0.2) is 41.7 Å². The molecule has 1 aromatic rings. The van der Waals surface area contributed by atoms with Gasteiger partial charge in [-0.3, -0.25) is 4.79 Å². The van der Waals surface area contributed by atoms with Crippen molar-refractivity contribution in [1.29, 1.82) is 0 Å².